The largest absolute Gasteiger partial charge is 0.388 e. The number of hydrogen-bond acceptors (Lipinski definition) is 1. The molecule has 64 valence electrons. The smallest absolute Gasteiger partial charge is 0.0780 e. The van der Waals surface area contributed by atoms with Crippen molar-refractivity contribution in [1.29, 1.82) is 0 Å². The predicted octanol–water partition coefficient (Wildman–Crippen LogP) is 2.53. The highest BCUT2D eigenvalue weighted by Gasteiger charge is 2.04. The molecule has 0 bridgehead atoms. The number of unbranched alkanes of at least 4 members (excludes halogenated alkanes) is 1. The molecule has 0 amide bonds. The van der Waals surface area contributed by atoms with Gasteiger partial charge in [-0.05, 0) is 6.42 Å². The first-order valence-electron chi connectivity index (χ1n) is 4.19. The van der Waals surface area contributed by atoms with Gasteiger partial charge in [0.1, 0.15) is 0 Å². The van der Waals surface area contributed by atoms with Crippen molar-refractivity contribution in [3.8, 4) is 0 Å². The Bertz CT molecular complexity index is 127. The van der Waals surface area contributed by atoms with Crippen LogP contribution >= 0.6 is 0 Å². The van der Waals surface area contributed by atoms with E-state index in [0.717, 1.165) is 12.8 Å². The second-order valence-electron chi connectivity index (χ2n) is 2.80. The maximum Gasteiger partial charge on any atom is 0.0780 e. The van der Waals surface area contributed by atoms with E-state index in [2.05, 4.69) is 13.5 Å². The third kappa shape index (κ3) is 4.79. The summed E-state index contributed by atoms with van der Waals surface area (Å²) in [7, 11) is 0. The second kappa shape index (κ2) is 6.17. The van der Waals surface area contributed by atoms with E-state index in [1.807, 2.05) is 19.1 Å². The highest BCUT2D eigenvalue weighted by molar-refractivity contribution is 4.95. The maximum absolute atomic E-state index is 9.39. The van der Waals surface area contributed by atoms with Crippen LogP contribution in [-0.4, -0.2) is 11.2 Å². The van der Waals surface area contributed by atoms with Crippen molar-refractivity contribution in [1.82, 2.24) is 0 Å². The molecule has 0 saturated heterocycles. The van der Waals surface area contributed by atoms with Crippen LogP contribution in [0.3, 0.4) is 0 Å². The number of rotatable bonds is 5. The van der Waals surface area contributed by atoms with Gasteiger partial charge < -0.3 is 5.11 Å². The lowest BCUT2D eigenvalue weighted by molar-refractivity contribution is 0.185. The average molecular weight is 154 g/mol. The summed E-state index contributed by atoms with van der Waals surface area (Å²) in [6.45, 7) is 7.69. The zero-order valence-corrected chi connectivity index (χ0v) is 7.46. The summed E-state index contributed by atoms with van der Waals surface area (Å²) in [5, 5.41) is 9.39. The summed E-state index contributed by atoms with van der Waals surface area (Å²) in [6, 6.07) is 0. The summed E-state index contributed by atoms with van der Waals surface area (Å²) >= 11 is 0. The van der Waals surface area contributed by atoms with Gasteiger partial charge in [-0.2, -0.15) is 0 Å². The van der Waals surface area contributed by atoms with Gasteiger partial charge in [0.25, 0.3) is 0 Å². The van der Waals surface area contributed by atoms with Crippen LogP contribution in [0.4, 0.5) is 0 Å². The molecule has 0 rings (SSSR count). The van der Waals surface area contributed by atoms with E-state index in [9.17, 15) is 5.11 Å². The quantitative estimate of drug-likeness (QED) is 0.603. The number of aliphatic hydroxyl groups excluding tert-OH is 1. The standard InChI is InChI=1S/C10H18O/c1-4-6-7-8-10(11)9(3)5-2/h5,7-11H,2,4,6H2,1,3H3/t9-,10-/m0/s1. The third-order valence-electron chi connectivity index (χ3n) is 1.70. The molecule has 1 N–H and O–H groups in total. The fraction of sp³-hybridized carbons (Fsp3) is 0.600. The van der Waals surface area contributed by atoms with Gasteiger partial charge in [-0.1, -0.05) is 38.5 Å². The Morgan fingerprint density at radius 2 is 2.18 bits per heavy atom. The van der Waals surface area contributed by atoms with Gasteiger partial charge in [-0.15, -0.1) is 6.58 Å². The Balaban J connectivity index is 3.65. The summed E-state index contributed by atoms with van der Waals surface area (Å²) in [5.74, 6) is 0.156. The van der Waals surface area contributed by atoms with Crippen molar-refractivity contribution in [2.75, 3.05) is 0 Å². The first-order valence-corrected chi connectivity index (χ1v) is 4.19. The number of allylic oxidation sites excluding steroid dienone is 1. The van der Waals surface area contributed by atoms with Gasteiger partial charge in [0.05, 0.1) is 6.10 Å². The van der Waals surface area contributed by atoms with Crippen molar-refractivity contribution in [2.45, 2.75) is 32.8 Å². The molecule has 2 atom stereocenters. The average Bonchev–Trinajstić information content (AvgIpc) is 2.03. The van der Waals surface area contributed by atoms with E-state index in [1.54, 1.807) is 6.08 Å². The molecule has 0 radical (unpaired) electrons. The molecular formula is C10H18O. The van der Waals surface area contributed by atoms with Gasteiger partial charge in [-0.25, -0.2) is 0 Å². The van der Waals surface area contributed by atoms with E-state index in [-0.39, 0.29) is 12.0 Å². The van der Waals surface area contributed by atoms with Crippen molar-refractivity contribution in [3.63, 3.8) is 0 Å². The van der Waals surface area contributed by atoms with Crippen LogP contribution in [0.1, 0.15) is 26.7 Å². The SMILES string of the molecule is C=C[C@H](C)[C@@H](O)C=CCCC. The fourth-order valence-electron chi connectivity index (χ4n) is 0.717. The zero-order chi connectivity index (χ0) is 8.69. The van der Waals surface area contributed by atoms with Crippen LogP contribution in [0.15, 0.2) is 24.8 Å². The summed E-state index contributed by atoms with van der Waals surface area (Å²) in [5.41, 5.74) is 0. The molecular weight excluding hydrogens is 136 g/mol. The van der Waals surface area contributed by atoms with Crippen LogP contribution in [0.5, 0.6) is 0 Å². The van der Waals surface area contributed by atoms with Gasteiger partial charge in [-0.3, -0.25) is 0 Å². The van der Waals surface area contributed by atoms with Crippen LogP contribution in [0, 0.1) is 5.92 Å². The Kier molecular flexibility index (Phi) is 5.86. The summed E-state index contributed by atoms with van der Waals surface area (Å²) in [4.78, 5) is 0. The van der Waals surface area contributed by atoms with Gasteiger partial charge in [0.2, 0.25) is 0 Å². The molecule has 0 unspecified atom stereocenters. The molecule has 0 aliphatic heterocycles. The fourth-order valence-corrected chi connectivity index (χ4v) is 0.717. The minimum Gasteiger partial charge on any atom is -0.388 e. The third-order valence-corrected chi connectivity index (χ3v) is 1.70. The van der Waals surface area contributed by atoms with E-state index in [4.69, 9.17) is 0 Å². The van der Waals surface area contributed by atoms with E-state index >= 15 is 0 Å². The Morgan fingerprint density at radius 3 is 2.64 bits per heavy atom. The summed E-state index contributed by atoms with van der Waals surface area (Å²) < 4.78 is 0. The van der Waals surface area contributed by atoms with E-state index in [1.165, 1.54) is 0 Å². The highest BCUT2D eigenvalue weighted by atomic mass is 16.3. The molecule has 0 aromatic carbocycles. The lowest BCUT2D eigenvalue weighted by Gasteiger charge is -2.09. The van der Waals surface area contributed by atoms with Crippen molar-refractivity contribution >= 4 is 0 Å². The van der Waals surface area contributed by atoms with Crippen LogP contribution < -0.4 is 0 Å². The Morgan fingerprint density at radius 1 is 1.55 bits per heavy atom. The molecule has 0 heterocycles. The normalized spacial score (nSPS) is 16.6. The molecule has 0 aromatic rings. The maximum atomic E-state index is 9.39. The molecule has 0 fully saturated rings. The summed E-state index contributed by atoms with van der Waals surface area (Å²) in [6.07, 6.45) is 7.44. The monoisotopic (exact) mass is 154 g/mol. The predicted molar refractivity (Wildman–Crippen MR) is 49.4 cm³/mol. The van der Waals surface area contributed by atoms with Crippen LogP contribution in [0.2, 0.25) is 0 Å². The molecule has 0 saturated carbocycles. The molecule has 0 aliphatic carbocycles. The number of hydrogen-bond donors (Lipinski definition) is 1. The Labute approximate surface area is 69.4 Å². The first kappa shape index (κ1) is 10.4. The van der Waals surface area contributed by atoms with E-state index < -0.39 is 0 Å². The second-order valence-corrected chi connectivity index (χ2v) is 2.80. The van der Waals surface area contributed by atoms with Crippen LogP contribution in [0.25, 0.3) is 0 Å². The van der Waals surface area contributed by atoms with E-state index in [0.29, 0.717) is 0 Å². The molecule has 0 aromatic heterocycles. The highest BCUT2D eigenvalue weighted by Crippen LogP contribution is 2.05. The van der Waals surface area contributed by atoms with Gasteiger partial charge >= 0.3 is 0 Å². The molecule has 1 nitrogen and oxygen atoms in total. The molecule has 11 heavy (non-hydrogen) atoms. The zero-order valence-electron chi connectivity index (χ0n) is 7.46. The minimum atomic E-state index is -0.362. The lowest BCUT2D eigenvalue weighted by Crippen LogP contribution is -2.11. The lowest BCUT2D eigenvalue weighted by atomic mass is 10.0. The van der Waals surface area contributed by atoms with Gasteiger partial charge in [0.15, 0.2) is 0 Å². The molecule has 0 spiro atoms. The number of aliphatic hydroxyl groups is 1. The van der Waals surface area contributed by atoms with Crippen molar-refractivity contribution in [2.24, 2.45) is 5.92 Å². The van der Waals surface area contributed by atoms with Crippen LogP contribution in [-0.2, 0) is 0 Å². The van der Waals surface area contributed by atoms with Crippen molar-refractivity contribution in [3.05, 3.63) is 24.8 Å². The first-order chi connectivity index (χ1) is 5.22. The minimum absolute atomic E-state index is 0.156. The molecule has 1 heteroatoms. The van der Waals surface area contributed by atoms with Crippen molar-refractivity contribution < 1.29 is 5.11 Å². The molecule has 0 aliphatic rings. The van der Waals surface area contributed by atoms with Gasteiger partial charge in [0, 0.05) is 5.92 Å². The Hall–Kier alpha value is -0.560. The topological polar surface area (TPSA) is 20.2 Å².